The van der Waals surface area contributed by atoms with Gasteiger partial charge in [-0.05, 0) is 54.6 Å². The number of nitrogens with one attached hydrogen (secondary N) is 1. The molecule has 0 saturated carbocycles. The molecule has 3 aromatic rings. The van der Waals surface area contributed by atoms with E-state index in [1.165, 1.54) is 11.3 Å². The van der Waals surface area contributed by atoms with Gasteiger partial charge in [0.2, 0.25) is 0 Å². The van der Waals surface area contributed by atoms with Gasteiger partial charge in [0, 0.05) is 11.7 Å². The number of carbonyl (C=O) groups is 2. The van der Waals surface area contributed by atoms with Crippen molar-refractivity contribution in [1.29, 1.82) is 0 Å². The van der Waals surface area contributed by atoms with E-state index in [9.17, 15) is 9.59 Å². The number of carbonyl (C=O) groups excluding carboxylic acids is 2. The van der Waals surface area contributed by atoms with Gasteiger partial charge in [0.25, 0.3) is 5.91 Å². The molecule has 4 atom stereocenters. The third-order valence-corrected chi connectivity index (χ3v) is 8.32. The molecule has 1 saturated heterocycles. The van der Waals surface area contributed by atoms with Gasteiger partial charge in [0.05, 0.1) is 11.5 Å². The Morgan fingerprint density at radius 1 is 1.19 bits per heavy atom. The second-order valence-electron chi connectivity index (χ2n) is 7.29. The van der Waals surface area contributed by atoms with E-state index >= 15 is 0 Å². The Morgan fingerprint density at radius 3 is 2.68 bits per heavy atom. The lowest BCUT2D eigenvalue weighted by Crippen LogP contribution is -2.27. The van der Waals surface area contributed by atoms with Crippen LogP contribution in [0, 0.1) is 0 Å². The van der Waals surface area contributed by atoms with Crippen molar-refractivity contribution in [1.82, 2.24) is 9.99 Å². The molecule has 0 radical (unpaired) electrons. The molecule has 4 unspecified atom stereocenters. The van der Waals surface area contributed by atoms with Crippen molar-refractivity contribution in [2.45, 2.75) is 32.1 Å². The molecule has 31 heavy (non-hydrogen) atoms. The predicted molar refractivity (Wildman–Crippen MR) is 124 cm³/mol. The summed E-state index contributed by atoms with van der Waals surface area (Å²) in [5, 5.41) is 3.69. The second-order valence-corrected chi connectivity index (χ2v) is 10.1. The van der Waals surface area contributed by atoms with Gasteiger partial charge in [-0.1, -0.05) is 31.2 Å². The predicted octanol–water partition coefficient (Wildman–Crippen LogP) is 5.31. The highest BCUT2D eigenvalue weighted by atomic mass is 32.1. The largest absolute Gasteiger partial charge is 0.465 e. The van der Waals surface area contributed by atoms with Crippen LogP contribution in [-0.2, 0) is 9.53 Å². The van der Waals surface area contributed by atoms with E-state index in [0.717, 1.165) is 27.8 Å². The Kier molecular flexibility index (Phi) is 6.56. The van der Waals surface area contributed by atoms with Gasteiger partial charge in [-0.25, -0.2) is 4.67 Å². The number of para-hydroxylation sites is 1. The average molecular weight is 457 g/mol. The van der Waals surface area contributed by atoms with Gasteiger partial charge in [-0.15, -0.1) is 11.3 Å². The van der Waals surface area contributed by atoms with Crippen LogP contribution < -0.4 is 9.84 Å². The summed E-state index contributed by atoms with van der Waals surface area (Å²) in [6.45, 7) is 4.27. The third kappa shape index (κ3) is 4.59. The molecular weight excluding hydrogens is 431 g/mol. The Balaban J connectivity index is 1.61. The molecule has 1 aliphatic heterocycles. The summed E-state index contributed by atoms with van der Waals surface area (Å²) in [4.78, 5) is 25.2. The maximum absolute atomic E-state index is 12.5. The van der Waals surface area contributed by atoms with Gasteiger partial charge in [-0.3, -0.25) is 9.59 Å². The molecule has 1 amide bonds. The molecule has 0 bridgehead atoms. The summed E-state index contributed by atoms with van der Waals surface area (Å²) >= 11 is 1.47. The first-order valence-corrected chi connectivity index (χ1v) is 12.4. The van der Waals surface area contributed by atoms with Crippen LogP contribution in [0.3, 0.4) is 0 Å². The average Bonchev–Trinajstić information content (AvgIpc) is 3.33. The number of rotatable bonds is 8. The van der Waals surface area contributed by atoms with E-state index in [1.807, 2.05) is 56.3 Å². The lowest BCUT2D eigenvalue weighted by molar-refractivity contribution is -0.147. The van der Waals surface area contributed by atoms with Gasteiger partial charge >= 0.3 is 5.97 Å². The zero-order valence-electron chi connectivity index (χ0n) is 17.7. The monoisotopic (exact) mass is 456 g/mol. The molecule has 1 N–H and O–H groups in total. The third-order valence-electron chi connectivity index (χ3n) is 5.05. The summed E-state index contributed by atoms with van der Waals surface area (Å²) in [5.41, 5.74) is 1.07. The number of hydrogen-bond acceptors (Lipinski definition) is 6. The smallest absolute Gasteiger partial charge is 0.323 e. The van der Waals surface area contributed by atoms with Crippen LogP contribution in [0.25, 0.3) is 10.1 Å². The van der Waals surface area contributed by atoms with E-state index in [1.54, 1.807) is 7.05 Å². The van der Waals surface area contributed by atoms with Crippen molar-refractivity contribution in [3.8, 4) is 5.75 Å². The number of benzene rings is 2. The zero-order chi connectivity index (χ0) is 22.0. The van der Waals surface area contributed by atoms with Crippen molar-refractivity contribution in [3.05, 3.63) is 65.0 Å². The fraction of sp³-hybridized carbons (Fsp3) is 0.304. The normalized spacial score (nSPS) is 20.8. The minimum Gasteiger partial charge on any atom is -0.465 e. The second kappa shape index (κ2) is 9.35. The van der Waals surface area contributed by atoms with Crippen molar-refractivity contribution < 1.29 is 18.8 Å². The molecule has 0 spiro atoms. The molecule has 1 fully saturated rings. The number of ether oxygens (including phenoxy) is 1. The van der Waals surface area contributed by atoms with Gasteiger partial charge in [0.15, 0.2) is 8.30 Å². The van der Waals surface area contributed by atoms with Crippen molar-refractivity contribution >= 4 is 41.6 Å². The summed E-state index contributed by atoms with van der Waals surface area (Å²) in [6.07, 6.45) is 0.791. The first-order chi connectivity index (χ1) is 15.0. The Hall–Kier alpha value is -2.47. The molecule has 2 aromatic carbocycles. The van der Waals surface area contributed by atoms with Gasteiger partial charge < -0.3 is 14.6 Å². The highest BCUT2D eigenvalue weighted by Crippen LogP contribution is 2.75. The van der Waals surface area contributed by atoms with Crippen LogP contribution in [-0.4, -0.2) is 36.2 Å². The molecular formula is C23H25N2O4PS. The fourth-order valence-corrected chi connectivity index (χ4v) is 6.58. The molecule has 4 rings (SSSR count). The Bertz CT molecular complexity index is 1090. The van der Waals surface area contributed by atoms with Crippen LogP contribution in [0.4, 0.5) is 0 Å². The number of esters is 1. The Morgan fingerprint density at radius 2 is 1.97 bits per heavy atom. The maximum atomic E-state index is 12.5. The van der Waals surface area contributed by atoms with E-state index < -0.39 is 14.3 Å². The van der Waals surface area contributed by atoms with Crippen molar-refractivity contribution in [2.75, 3.05) is 13.7 Å². The minimum atomic E-state index is -1.02. The van der Waals surface area contributed by atoms with E-state index in [0.29, 0.717) is 11.5 Å². The SMILES string of the molecule is CCCOC(=O)C(C)N1C(c2ccc3sc(C(=O)NC)cc3c2)P1Oc1ccccc1. The number of hydrogen-bond donors (Lipinski definition) is 1. The quantitative estimate of drug-likeness (QED) is 0.283. The first-order valence-electron chi connectivity index (χ1n) is 10.3. The van der Waals surface area contributed by atoms with E-state index in [2.05, 4.69) is 22.1 Å². The van der Waals surface area contributed by atoms with Crippen molar-refractivity contribution in [2.24, 2.45) is 0 Å². The van der Waals surface area contributed by atoms with Crippen LogP contribution in [0.5, 0.6) is 5.75 Å². The minimum absolute atomic E-state index is 0.00728. The molecule has 162 valence electrons. The van der Waals surface area contributed by atoms with Crippen LogP contribution in [0.2, 0.25) is 0 Å². The zero-order valence-corrected chi connectivity index (χ0v) is 19.4. The fourth-order valence-electron chi connectivity index (χ4n) is 3.41. The van der Waals surface area contributed by atoms with Crippen molar-refractivity contribution in [3.63, 3.8) is 0 Å². The molecule has 1 aromatic heterocycles. The maximum Gasteiger partial charge on any atom is 0.323 e. The number of fused-ring (bicyclic) bond motifs is 1. The standard InChI is InChI=1S/C23H25N2O4PS/c1-4-12-28-23(27)15(2)25-22(30(25)29-18-8-6-5-7-9-18)16-10-11-19-17(13-16)14-20(31-19)21(26)24-3/h5-11,13-15,22H,4,12H2,1-3H3,(H,24,26). The topological polar surface area (TPSA) is 67.6 Å². The summed E-state index contributed by atoms with van der Waals surface area (Å²) in [6, 6.07) is 17.4. The first kappa shape index (κ1) is 21.8. The molecule has 1 aliphatic rings. The van der Waals surface area contributed by atoms with Crippen LogP contribution in [0.1, 0.15) is 41.3 Å². The lowest BCUT2D eigenvalue weighted by Gasteiger charge is -2.13. The summed E-state index contributed by atoms with van der Waals surface area (Å²) < 4.78 is 14.8. The van der Waals surface area contributed by atoms with Crippen LogP contribution >= 0.6 is 19.6 Å². The molecule has 6 nitrogen and oxygen atoms in total. The molecule has 8 heteroatoms. The summed E-state index contributed by atoms with van der Waals surface area (Å²) in [5.74, 6) is 0.464. The molecule has 2 heterocycles. The highest BCUT2D eigenvalue weighted by Gasteiger charge is 2.57. The van der Waals surface area contributed by atoms with Gasteiger partial charge in [0.1, 0.15) is 17.6 Å². The molecule has 0 aliphatic carbocycles. The number of nitrogens with zero attached hydrogens (tertiary/aromatic N) is 1. The van der Waals surface area contributed by atoms with Crippen LogP contribution in [0.15, 0.2) is 54.6 Å². The highest BCUT2D eigenvalue weighted by molar-refractivity contribution is 7.57. The summed E-state index contributed by atoms with van der Waals surface area (Å²) in [7, 11) is 0.608. The number of amides is 1. The van der Waals surface area contributed by atoms with Gasteiger partial charge in [-0.2, -0.15) is 0 Å². The van der Waals surface area contributed by atoms with E-state index in [4.69, 9.17) is 9.26 Å². The lowest BCUT2D eigenvalue weighted by atomic mass is 10.1. The number of thiophene rings is 1. The Labute approximate surface area is 187 Å². The van der Waals surface area contributed by atoms with E-state index in [-0.39, 0.29) is 17.7 Å².